The van der Waals surface area contributed by atoms with Gasteiger partial charge in [0.2, 0.25) is 0 Å². The zero-order chi connectivity index (χ0) is 9.84. The van der Waals surface area contributed by atoms with E-state index in [-0.39, 0.29) is 27.1 Å². The van der Waals surface area contributed by atoms with Crippen molar-refractivity contribution in [3.8, 4) is 0 Å². The number of carbonyl (C=O) groups excluding carboxylic acids is 1. The van der Waals surface area contributed by atoms with Crippen LogP contribution in [0.25, 0.3) is 0 Å². The van der Waals surface area contributed by atoms with Gasteiger partial charge in [-0.1, -0.05) is 0 Å². The van der Waals surface area contributed by atoms with Crippen molar-refractivity contribution < 1.29 is 26.0 Å². The molecule has 0 aromatic heterocycles. The fourth-order valence-corrected chi connectivity index (χ4v) is 2.66. The van der Waals surface area contributed by atoms with Crippen LogP contribution in [0.5, 0.6) is 0 Å². The minimum atomic E-state index is -0.0843. The van der Waals surface area contributed by atoms with Gasteiger partial charge in [-0.25, -0.2) is 0 Å². The molecule has 1 rings (SSSR count). The third-order valence-electron chi connectivity index (χ3n) is 1.60. The number of hydrogen-bond acceptors (Lipinski definition) is 1. The van der Waals surface area contributed by atoms with Crippen LogP contribution in [-0.2, 0) is 0 Å². The van der Waals surface area contributed by atoms with Gasteiger partial charge in [-0.05, 0) is 0 Å². The first-order valence-corrected chi connectivity index (χ1v) is 7.31. The van der Waals surface area contributed by atoms with Crippen molar-refractivity contribution in [3.63, 3.8) is 0 Å². The van der Waals surface area contributed by atoms with Crippen LogP contribution in [0, 0.1) is 3.57 Å². The number of rotatable bonds is 2. The van der Waals surface area contributed by atoms with Crippen LogP contribution in [0.1, 0.15) is 10.4 Å². The molecule has 0 saturated heterocycles. The van der Waals surface area contributed by atoms with E-state index in [1.807, 2.05) is 12.1 Å². The fourth-order valence-electron chi connectivity index (χ4n) is 0.971. The van der Waals surface area contributed by atoms with Gasteiger partial charge in [0.15, 0.2) is 0 Å². The molecule has 0 aliphatic rings. The average molecular weight is 311 g/mol. The molecule has 72 valence electrons. The molecule has 13 heavy (non-hydrogen) atoms. The standard InChI is InChI=1S/C9H10ClINO/c1-11-8-4-3-6(10)5-7(8)9(13)12-2/h3-5H,1-2H3,(H,12,13)/q-1. The fraction of sp³-hybridized carbons (Fsp3) is 0.222. The summed E-state index contributed by atoms with van der Waals surface area (Å²) in [6.45, 7) is 0. The number of alkyl halides is 1. The number of amides is 1. The van der Waals surface area contributed by atoms with Gasteiger partial charge in [-0.3, -0.25) is 0 Å². The van der Waals surface area contributed by atoms with Crippen LogP contribution in [0.4, 0.5) is 0 Å². The van der Waals surface area contributed by atoms with Gasteiger partial charge in [0.1, 0.15) is 0 Å². The Morgan fingerprint density at radius 3 is 2.77 bits per heavy atom. The van der Waals surface area contributed by atoms with E-state index in [9.17, 15) is 4.79 Å². The third kappa shape index (κ3) is 2.57. The van der Waals surface area contributed by atoms with E-state index in [1.54, 1.807) is 13.1 Å². The Morgan fingerprint density at radius 2 is 2.23 bits per heavy atom. The van der Waals surface area contributed by atoms with Crippen LogP contribution in [0.2, 0.25) is 5.02 Å². The number of hydrogen-bond donors (Lipinski definition) is 1. The molecule has 0 atom stereocenters. The second kappa shape index (κ2) is 4.81. The average Bonchev–Trinajstić information content (AvgIpc) is 2.16. The first-order chi connectivity index (χ1) is 6.19. The SMILES string of the molecule is CNC(=O)c1cc(Cl)ccc1[I-]C. The summed E-state index contributed by atoms with van der Waals surface area (Å²) < 4.78 is 1.13. The van der Waals surface area contributed by atoms with E-state index >= 15 is 0 Å². The summed E-state index contributed by atoms with van der Waals surface area (Å²) in [5, 5.41) is 3.21. The van der Waals surface area contributed by atoms with Crippen LogP contribution in [0.3, 0.4) is 0 Å². The van der Waals surface area contributed by atoms with Crippen LogP contribution >= 0.6 is 11.6 Å². The maximum absolute atomic E-state index is 11.4. The second-order valence-corrected chi connectivity index (χ2v) is 5.07. The summed E-state index contributed by atoms with van der Waals surface area (Å²) in [6.07, 6.45) is 0. The zero-order valence-electron chi connectivity index (χ0n) is 7.40. The topological polar surface area (TPSA) is 29.1 Å². The number of halogens is 2. The molecular weight excluding hydrogens is 300 g/mol. The van der Waals surface area contributed by atoms with Crippen LogP contribution in [-0.4, -0.2) is 17.9 Å². The number of benzene rings is 1. The molecular formula is C9H10ClINO-. The Kier molecular flexibility index (Phi) is 3.99. The summed E-state index contributed by atoms with van der Waals surface area (Å²) in [5.74, 6) is -0.0564. The van der Waals surface area contributed by atoms with Crippen molar-refractivity contribution in [3.05, 3.63) is 32.4 Å². The zero-order valence-corrected chi connectivity index (χ0v) is 10.3. The quantitative estimate of drug-likeness (QED) is 0.528. The summed E-state index contributed by atoms with van der Waals surface area (Å²) in [6, 6.07) is 5.48. The molecule has 0 saturated carbocycles. The second-order valence-electron chi connectivity index (χ2n) is 2.39. The van der Waals surface area contributed by atoms with Crippen molar-refractivity contribution >= 4 is 17.5 Å². The van der Waals surface area contributed by atoms with Gasteiger partial charge < -0.3 is 0 Å². The predicted molar refractivity (Wildman–Crippen MR) is 49.5 cm³/mol. The predicted octanol–water partition coefficient (Wildman–Crippen LogP) is -1.41. The van der Waals surface area contributed by atoms with Gasteiger partial charge >= 0.3 is 93.2 Å². The van der Waals surface area contributed by atoms with Gasteiger partial charge in [-0.2, -0.15) is 0 Å². The van der Waals surface area contributed by atoms with Crippen molar-refractivity contribution in [1.29, 1.82) is 0 Å². The molecule has 0 spiro atoms. The molecule has 1 amide bonds. The van der Waals surface area contributed by atoms with Crippen molar-refractivity contribution in [2.24, 2.45) is 0 Å². The van der Waals surface area contributed by atoms with E-state index in [0.717, 1.165) is 3.57 Å². The molecule has 0 aliphatic carbocycles. The number of carbonyl (C=O) groups is 1. The Hall–Kier alpha value is -0.290. The van der Waals surface area contributed by atoms with Gasteiger partial charge in [0, 0.05) is 0 Å². The summed E-state index contributed by atoms with van der Waals surface area (Å²) in [5.41, 5.74) is 0.713. The van der Waals surface area contributed by atoms with E-state index in [1.165, 1.54) is 0 Å². The minimum absolute atomic E-state index is 0.0564. The molecule has 1 aromatic carbocycles. The first-order valence-electron chi connectivity index (χ1n) is 3.70. The van der Waals surface area contributed by atoms with Crippen LogP contribution in [0.15, 0.2) is 18.2 Å². The summed E-state index contributed by atoms with van der Waals surface area (Å²) in [4.78, 5) is 13.5. The van der Waals surface area contributed by atoms with Crippen molar-refractivity contribution in [2.75, 3.05) is 12.0 Å². The molecule has 2 nitrogen and oxygen atoms in total. The summed E-state index contributed by atoms with van der Waals surface area (Å²) >= 11 is 5.72. The van der Waals surface area contributed by atoms with Gasteiger partial charge in [0.05, 0.1) is 0 Å². The van der Waals surface area contributed by atoms with Crippen molar-refractivity contribution in [2.45, 2.75) is 0 Å². The van der Waals surface area contributed by atoms with E-state index in [0.29, 0.717) is 10.6 Å². The van der Waals surface area contributed by atoms with E-state index in [4.69, 9.17) is 11.6 Å². The van der Waals surface area contributed by atoms with E-state index in [2.05, 4.69) is 10.2 Å². The molecule has 0 radical (unpaired) electrons. The molecule has 0 unspecified atom stereocenters. The molecule has 0 aliphatic heterocycles. The Bertz CT molecular complexity index is 327. The van der Waals surface area contributed by atoms with Gasteiger partial charge in [0.25, 0.3) is 0 Å². The molecule has 0 bridgehead atoms. The van der Waals surface area contributed by atoms with Crippen molar-refractivity contribution in [1.82, 2.24) is 5.32 Å². The third-order valence-corrected chi connectivity index (χ3v) is 3.94. The molecule has 1 N–H and O–H groups in total. The summed E-state index contributed by atoms with van der Waals surface area (Å²) in [7, 11) is 1.63. The Labute approximate surface area is 92.9 Å². The number of nitrogens with one attached hydrogen (secondary N) is 1. The molecule has 0 heterocycles. The normalized spacial score (nSPS) is 10.1. The monoisotopic (exact) mass is 310 g/mol. The van der Waals surface area contributed by atoms with Gasteiger partial charge in [-0.15, -0.1) is 0 Å². The first kappa shape index (κ1) is 10.8. The van der Waals surface area contributed by atoms with E-state index < -0.39 is 0 Å². The Morgan fingerprint density at radius 1 is 1.54 bits per heavy atom. The molecule has 4 heteroatoms. The molecule has 1 aromatic rings. The maximum atomic E-state index is 11.4. The Balaban J connectivity index is 3.15. The van der Waals surface area contributed by atoms with Crippen LogP contribution < -0.4 is 26.5 Å². The molecule has 0 fully saturated rings.